The van der Waals surface area contributed by atoms with E-state index in [0.29, 0.717) is 6.42 Å². The van der Waals surface area contributed by atoms with Gasteiger partial charge >= 0.3 is 0 Å². The number of anilines is 1. The molecule has 1 aromatic rings. The van der Waals surface area contributed by atoms with Gasteiger partial charge in [-0.3, -0.25) is 9.59 Å². The van der Waals surface area contributed by atoms with Crippen molar-refractivity contribution in [1.82, 2.24) is 0 Å². The first kappa shape index (κ1) is 13.3. The summed E-state index contributed by atoms with van der Waals surface area (Å²) in [6.45, 7) is 4.03. The van der Waals surface area contributed by atoms with Crippen LogP contribution in [0.1, 0.15) is 43.7 Å². The molecule has 1 spiro atoms. The van der Waals surface area contributed by atoms with Crippen molar-refractivity contribution < 1.29 is 14.3 Å². The van der Waals surface area contributed by atoms with Crippen molar-refractivity contribution in [3.8, 4) is 0 Å². The van der Waals surface area contributed by atoms with Gasteiger partial charge in [-0.2, -0.15) is 0 Å². The first-order chi connectivity index (χ1) is 9.55. The summed E-state index contributed by atoms with van der Waals surface area (Å²) in [7, 11) is 0. The Kier molecular flexibility index (Phi) is 3.13. The Bertz CT molecular complexity index is 581. The molecule has 2 heterocycles. The number of Topliss-reactive ketones (excluding diaryl/α,β-unsaturated/α-hetero) is 1. The fourth-order valence-electron chi connectivity index (χ4n) is 3.19. The van der Waals surface area contributed by atoms with Gasteiger partial charge in [0.2, 0.25) is 0 Å². The maximum atomic E-state index is 12.4. The molecule has 0 saturated carbocycles. The topological polar surface area (TPSA) is 55.4 Å². The average Bonchev–Trinajstić information content (AvgIpc) is 2.63. The molecule has 0 aromatic heterocycles. The number of ether oxygens (including phenoxy) is 1. The van der Waals surface area contributed by atoms with Gasteiger partial charge in [0.25, 0.3) is 5.91 Å². The fourth-order valence-corrected chi connectivity index (χ4v) is 3.19. The molecule has 2 aliphatic heterocycles. The minimum Gasteiger partial charge on any atom is -0.356 e. The number of hydrogen-bond donors (Lipinski definition) is 1. The molecular weight excluding hydrogens is 254 g/mol. The largest absolute Gasteiger partial charge is 0.356 e. The zero-order valence-corrected chi connectivity index (χ0v) is 11.9. The number of amides is 1. The summed E-state index contributed by atoms with van der Waals surface area (Å²) in [5.41, 5.74) is 1.55. The molecule has 0 aliphatic carbocycles. The number of benzene rings is 1. The van der Waals surface area contributed by atoms with Crippen LogP contribution in [0.15, 0.2) is 18.2 Å². The first-order valence-electron chi connectivity index (χ1n) is 7.17. The molecule has 4 nitrogen and oxygen atoms in total. The Hall–Kier alpha value is -1.68. The molecule has 1 saturated heterocycles. The van der Waals surface area contributed by atoms with Crippen LogP contribution in [0.25, 0.3) is 0 Å². The van der Waals surface area contributed by atoms with Crippen molar-refractivity contribution in [3.05, 3.63) is 29.3 Å². The number of carbonyl (C=O) groups is 2. The Morgan fingerprint density at radius 2 is 2.20 bits per heavy atom. The number of ketones is 1. The van der Waals surface area contributed by atoms with E-state index in [4.69, 9.17) is 4.74 Å². The van der Waals surface area contributed by atoms with E-state index in [-0.39, 0.29) is 24.2 Å². The van der Waals surface area contributed by atoms with E-state index in [1.807, 2.05) is 25.1 Å². The van der Waals surface area contributed by atoms with Crippen LogP contribution in [0.2, 0.25) is 0 Å². The zero-order valence-electron chi connectivity index (χ0n) is 11.9. The molecule has 1 aromatic carbocycles. The van der Waals surface area contributed by atoms with Crippen LogP contribution in [0.5, 0.6) is 0 Å². The molecular formula is C16H19NO3. The summed E-state index contributed by atoms with van der Waals surface area (Å²) >= 11 is 0. The first-order valence-corrected chi connectivity index (χ1v) is 7.17. The van der Waals surface area contributed by atoms with Crippen LogP contribution in [0, 0.1) is 6.92 Å². The molecule has 3 rings (SSSR count). The van der Waals surface area contributed by atoms with E-state index < -0.39 is 5.60 Å². The Morgan fingerprint density at radius 3 is 2.95 bits per heavy atom. The van der Waals surface area contributed by atoms with Crippen molar-refractivity contribution in [2.24, 2.45) is 0 Å². The third kappa shape index (κ3) is 1.95. The lowest BCUT2D eigenvalue weighted by molar-refractivity contribution is -0.170. The summed E-state index contributed by atoms with van der Waals surface area (Å²) in [6, 6.07) is 5.79. The number of carbonyl (C=O) groups excluding carboxylic acids is 2. The van der Waals surface area contributed by atoms with Gasteiger partial charge in [0.1, 0.15) is 5.78 Å². The van der Waals surface area contributed by atoms with Crippen LogP contribution >= 0.6 is 0 Å². The van der Waals surface area contributed by atoms with Gasteiger partial charge in [-0.15, -0.1) is 0 Å². The Morgan fingerprint density at radius 1 is 1.40 bits per heavy atom. The van der Waals surface area contributed by atoms with E-state index in [2.05, 4.69) is 12.2 Å². The number of nitrogens with one attached hydrogen (secondary N) is 1. The van der Waals surface area contributed by atoms with Crippen LogP contribution in [0.3, 0.4) is 0 Å². The molecule has 0 radical (unpaired) electrons. The van der Waals surface area contributed by atoms with Crippen LogP contribution in [-0.2, 0) is 19.9 Å². The second kappa shape index (κ2) is 4.70. The van der Waals surface area contributed by atoms with Gasteiger partial charge in [0.05, 0.1) is 6.10 Å². The van der Waals surface area contributed by atoms with E-state index in [1.165, 1.54) is 0 Å². The Balaban J connectivity index is 2.05. The molecule has 20 heavy (non-hydrogen) atoms. The lowest BCUT2D eigenvalue weighted by atomic mass is 9.84. The molecule has 1 fully saturated rings. The molecule has 2 aliphatic rings. The van der Waals surface area contributed by atoms with Gasteiger partial charge in [-0.05, 0) is 19.4 Å². The third-order valence-corrected chi connectivity index (χ3v) is 4.11. The second-order valence-electron chi connectivity index (χ2n) is 5.78. The Labute approximate surface area is 118 Å². The van der Waals surface area contributed by atoms with E-state index in [1.54, 1.807) is 0 Å². The van der Waals surface area contributed by atoms with Crippen molar-refractivity contribution in [2.75, 3.05) is 5.32 Å². The maximum Gasteiger partial charge on any atom is 0.261 e. The van der Waals surface area contributed by atoms with Gasteiger partial charge in [-0.25, -0.2) is 0 Å². The van der Waals surface area contributed by atoms with Gasteiger partial charge in [0.15, 0.2) is 5.60 Å². The highest BCUT2D eigenvalue weighted by atomic mass is 16.5. The predicted molar refractivity (Wildman–Crippen MR) is 75.5 cm³/mol. The van der Waals surface area contributed by atoms with E-state index in [0.717, 1.165) is 29.7 Å². The second-order valence-corrected chi connectivity index (χ2v) is 5.78. The van der Waals surface area contributed by atoms with Gasteiger partial charge < -0.3 is 10.1 Å². The van der Waals surface area contributed by atoms with E-state index in [9.17, 15) is 9.59 Å². The predicted octanol–water partition coefficient (Wildman–Crippen LogP) is 2.69. The van der Waals surface area contributed by atoms with Crippen LogP contribution < -0.4 is 5.32 Å². The minimum absolute atomic E-state index is 0.110. The quantitative estimate of drug-likeness (QED) is 0.901. The normalized spacial score (nSPS) is 28.6. The molecule has 0 bridgehead atoms. The smallest absolute Gasteiger partial charge is 0.261 e. The lowest BCUT2D eigenvalue weighted by Gasteiger charge is -2.36. The molecule has 0 unspecified atom stereocenters. The van der Waals surface area contributed by atoms with Crippen molar-refractivity contribution in [1.29, 1.82) is 0 Å². The summed E-state index contributed by atoms with van der Waals surface area (Å²) in [5.74, 6) is -0.0912. The SMILES string of the molecule is CCC[C@@H]1CC(=O)C[C@]2(O1)C(=O)Nc1ccc(C)cc12. The van der Waals surface area contributed by atoms with Crippen LogP contribution in [0.4, 0.5) is 5.69 Å². The van der Waals surface area contributed by atoms with Gasteiger partial charge in [-0.1, -0.05) is 31.0 Å². The summed E-state index contributed by atoms with van der Waals surface area (Å²) in [5, 5.41) is 2.85. The minimum atomic E-state index is -1.10. The molecule has 1 N–H and O–H groups in total. The highest BCUT2D eigenvalue weighted by Gasteiger charge is 2.53. The van der Waals surface area contributed by atoms with Crippen molar-refractivity contribution in [3.63, 3.8) is 0 Å². The standard InChI is InChI=1S/C16H19NO3/c1-3-4-12-8-11(18)9-16(20-12)13-7-10(2)5-6-14(13)17-15(16)19/h5-7,12H,3-4,8-9H2,1-2H3,(H,17,19)/t12-,16-/m1/s1. The van der Waals surface area contributed by atoms with E-state index >= 15 is 0 Å². The number of rotatable bonds is 2. The zero-order chi connectivity index (χ0) is 14.3. The highest BCUT2D eigenvalue weighted by molar-refractivity contribution is 6.07. The monoisotopic (exact) mass is 273 g/mol. The number of fused-ring (bicyclic) bond motifs is 2. The maximum absolute atomic E-state index is 12.4. The highest BCUT2D eigenvalue weighted by Crippen LogP contribution is 2.45. The fraction of sp³-hybridized carbons (Fsp3) is 0.500. The molecule has 4 heteroatoms. The lowest BCUT2D eigenvalue weighted by Crippen LogP contribution is -2.47. The number of aryl methyl sites for hydroxylation is 1. The third-order valence-electron chi connectivity index (χ3n) is 4.11. The van der Waals surface area contributed by atoms with Gasteiger partial charge in [0, 0.05) is 24.1 Å². The average molecular weight is 273 g/mol. The summed E-state index contributed by atoms with van der Waals surface area (Å²) < 4.78 is 6.11. The van der Waals surface area contributed by atoms with Crippen LogP contribution in [-0.4, -0.2) is 17.8 Å². The molecule has 1 amide bonds. The van der Waals surface area contributed by atoms with Crippen molar-refractivity contribution >= 4 is 17.4 Å². The summed E-state index contributed by atoms with van der Waals surface area (Å²) in [4.78, 5) is 24.5. The molecule has 2 atom stereocenters. The van der Waals surface area contributed by atoms with Crippen molar-refractivity contribution in [2.45, 2.75) is 51.2 Å². The summed E-state index contributed by atoms with van der Waals surface area (Å²) in [6.07, 6.45) is 2.16. The number of hydrogen-bond acceptors (Lipinski definition) is 3. The molecule has 106 valence electrons.